The van der Waals surface area contributed by atoms with E-state index in [1.54, 1.807) is 13.1 Å². The number of aromatic amines is 1. The summed E-state index contributed by atoms with van der Waals surface area (Å²) in [6.07, 6.45) is 4.54. The van der Waals surface area contributed by atoms with Crippen LogP contribution in [0.25, 0.3) is 22.6 Å². The van der Waals surface area contributed by atoms with Crippen molar-refractivity contribution in [2.75, 3.05) is 25.2 Å². The third-order valence-electron chi connectivity index (χ3n) is 7.94. The summed E-state index contributed by atoms with van der Waals surface area (Å²) < 4.78 is 35.4. The zero-order chi connectivity index (χ0) is 23.6. The lowest BCUT2D eigenvalue weighted by Crippen LogP contribution is -2.37. The maximum Gasteiger partial charge on any atom is 0.229 e. The molecule has 7 nitrogen and oxygen atoms in total. The topological polar surface area (TPSA) is 76.0 Å². The van der Waals surface area contributed by atoms with Gasteiger partial charge in [-0.25, -0.2) is 9.37 Å². The molecular weight excluding hydrogens is 460 g/mol. The van der Waals surface area contributed by atoms with Crippen LogP contribution in [0.1, 0.15) is 37.4 Å². The number of halogens is 2. The standard InChI is InChI=1S/C24H27F2N5O2S/c1-12(13-3-5-33-6-4-13)24(32)30(2)16-10-18(25)22-19(11-16)27-23(28-22)21-17-8-14-7-15(14)9-20(17)31(29-21)34-26/h10-15H,3-9H2,1-2H3,(H,27,28). The summed E-state index contributed by atoms with van der Waals surface area (Å²) in [5.74, 6) is 1.20. The highest BCUT2D eigenvalue weighted by Crippen LogP contribution is 2.50. The number of fused-ring (bicyclic) bond motifs is 3. The molecule has 3 heterocycles. The zero-order valence-corrected chi connectivity index (χ0v) is 20.0. The summed E-state index contributed by atoms with van der Waals surface area (Å²) in [7, 11) is 1.68. The number of hydrogen-bond acceptors (Lipinski definition) is 5. The monoisotopic (exact) mass is 487 g/mol. The summed E-state index contributed by atoms with van der Waals surface area (Å²) in [4.78, 5) is 22.3. The number of rotatable bonds is 5. The third kappa shape index (κ3) is 3.62. The van der Waals surface area contributed by atoms with Gasteiger partial charge in [-0.1, -0.05) is 6.92 Å². The number of nitrogens with zero attached hydrogens (tertiary/aromatic N) is 4. The molecule has 3 aromatic rings. The van der Waals surface area contributed by atoms with Crippen molar-refractivity contribution in [1.29, 1.82) is 0 Å². The fourth-order valence-corrected chi connectivity index (χ4v) is 6.05. The number of imidazole rings is 1. The lowest BCUT2D eigenvalue weighted by molar-refractivity contribution is -0.124. The Kier molecular flexibility index (Phi) is 5.40. The van der Waals surface area contributed by atoms with E-state index in [2.05, 4.69) is 15.1 Å². The van der Waals surface area contributed by atoms with Gasteiger partial charge in [-0.2, -0.15) is 9.19 Å². The molecule has 2 aliphatic carbocycles. The fraction of sp³-hybridized carbons (Fsp3) is 0.542. The normalized spacial score (nSPS) is 22.9. The molecule has 2 fully saturated rings. The quantitative estimate of drug-likeness (QED) is 0.564. The molecular formula is C24H27F2N5O2S. The number of ether oxygens (including phenoxy) is 1. The van der Waals surface area contributed by atoms with Crippen LogP contribution in [0.5, 0.6) is 0 Å². The number of carbonyl (C=O) groups excluding carboxylic acids is 1. The number of aromatic nitrogens is 4. The van der Waals surface area contributed by atoms with Crippen molar-refractivity contribution < 1.29 is 17.8 Å². The van der Waals surface area contributed by atoms with Gasteiger partial charge in [0.2, 0.25) is 5.91 Å². The zero-order valence-electron chi connectivity index (χ0n) is 19.2. The van der Waals surface area contributed by atoms with Crippen LogP contribution in [0.15, 0.2) is 12.1 Å². The lowest BCUT2D eigenvalue weighted by Gasteiger charge is -2.30. The molecule has 1 saturated carbocycles. The van der Waals surface area contributed by atoms with Crippen molar-refractivity contribution in [2.45, 2.75) is 39.0 Å². The van der Waals surface area contributed by atoms with E-state index in [0.717, 1.165) is 43.4 Å². The van der Waals surface area contributed by atoms with Crippen LogP contribution in [0, 0.1) is 29.5 Å². The van der Waals surface area contributed by atoms with Crippen molar-refractivity contribution in [2.24, 2.45) is 23.7 Å². The number of hydrogen-bond donors (Lipinski definition) is 1. The first kappa shape index (κ1) is 22.0. The van der Waals surface area contributed by atoms with E-state index < -0.39 is 5.82 Å². The van der Waals surface area contributed by atoms with E-state index in [0.29, 0.717) is 47.8 Å². The Morgan fingerprint density at radius 3 is 2.82 bits per heavy atom. The van der Waals surface area contributed by atoms with Gasteiger partial charge in [0, 0.05) is 37.4 Å². The van der Waals surface area contributed by atoms with Crippen molar-refractivity contribution in [3.8, 4) is 11.5 Å². The van der Waals surface area contributed by atoms with Gasteiger partial charge in [-0.3, -0.25) is 4.79 Å². The van der Waals surface area contributed by atoms with Crippen LogP contribution in [-0.4, -0.2) is 45.3 Å². The van der Waals surface area contributed by atoms with Crippen LogP contribution in [0.4, 0.5) is 14.0 Å². The molecule has 1 amide bonds. The molecule has 3 atom stereocenters. The average Bonchev–Trinajstić information content (AvgIpc) is 3.33. The van der Waals surface area contributed by atoms with E-state index in [9.17, 15) is 8.68 Å². The highest BCUT2D eigenvalue weighted by Gasteiger charge is 2.44. The number of amides is 1. The SMILES string of the molecule is CC(C(=O)N(C)c1cc(F)c2nc(-c3nn(SF)c4c3CC3CC3C4)[nH]c2c1)C1CCOCC1. The van der Waals surface area contributed by atoms with Gasteiger partial charge in [-0.05, 0) is 62.0 Å². The number of carbonyl (C=O) groups is 1. The molecule has 3 aliphatic rings. The van der Waals surface area contributed by atoms with Gasteiger partial charge >= 0.3 is 0 Å². The van der Waals surface area contributed by atoms with Crippen LogP contribution >= 0.6 is 12.3 Å². The molecule has 1 aliphatic heterocycles. The molecule has 180 valence electrons. The van der Waals surface area contributed by atoms with E-state index in [1.165, 1.54) is 15.1 Å². The molecule has 1 N–H and O–H groups in total. The summed E-state index contributed by atoms with van der Waals surface area (Å²) in [5.41, 5.74) is 3.63. The minimum atomic E-state index is -0.510. The van der Waals surface area contributed by atoms with Gasteiger partial charge in [-0.15, -0.1) is 3.89 Å². The van der Waals surface area contributed by atoms with Gasteiger partial charge in [0.25, 0.3) is 0 Å². The summed E-state index contributed by atoms with van der Waals surface area (Å²) >= 11 is 0.0912. The van der Waals surface area contributed by atoms with Crippen molar-refractivity contribution in [1.82, 2.24) is 19.2 Å². The van der Waals surface area contributed by atoms with Gasteiger partial charge < -0.3 is 14.6 Å². The van der Waals surface area contributed by atoms with Gasteiger partial charge in [0.15, 0.2) is 24.0 Å². The highest BCUT2D eigenvalue weighted by atomic mass is 32.2. The molecule has 2 aromatic heterocycles. The second-order valence-electron chi connectivity index (χ2n) is 9.92. The van der Waals surface area contributed by atoms with Crippen LogP contribution in [-0.2, 0) is 22.4 Å². The Hall–Kier alpha value is -2.46. The first-order chi connectivity index (χ1) is 16.4. The van der Waals surface area contributed by atoms with Crippen molar-refractivity contribution >= 4 is 35.0 Å². The third-order valence-corrected chi connectivity index (χ3v) is 8.37. The molecule has 1 saturated heterocycles. The molecule has 3 unspecified atom stereocenters. The maximum absolute atomic E-state index is 15.1. The molecule has 10 heteroatoms. The predicted molar refractivity (Wildman–Crippen MR) is 126 cm³/mol. The second kappa shape index (κ2) is 8.34. The lowest BCUT2D eigenvalue weighted by atomic mass is 9.86. The molecule has 0 bridgehead atoms. The first-order valence-corrected chi connectivity index (χ1v) is 12.6. The first-order valence-electron chi connectivity index (χ1n) is 11.9. The Morgan fingerprint density at radius 1 is 1.29 bits per heavy atom. The molecule has 0 radical (unpaired) electrons. The molecule has 1 aromatic carbocycles. The summed E-state index contributed by atoms with van der Waals surface area (Å²) in [5, 5.41) is 4.43. The molecule has 0 spiro atoms. The van der Waals surface area contributed by atoms with E-state index in [-0.39, 0.29) is 35.6 Å². The Labute approximate surface area is 200 Å². The number of H-pyrrole nitrogens is 1. The summed E-state index contributed by atoms with van der Waals surface area (Å²) in [6, 6.07) is 3.09. The Bertz CT molecular complexity index is 1270. The smallest absolute Gasteiger partial charge is 0.229 e. The minimum Gasteiger partial charge on any atom is -0.381 e. The highest BCUT2D eigenvalue weighted by molar-refractivity contribution is 7.92. The Balaban J connectivity index is 1.32. The number of anilines is 1. The maximum atomic E-state index is 15.1. The van der Waals surface area contributed by atoms with Crippen molar-refractivity contribution in [3.05, 3.63) is 29.2 Å². The van der Waals surface area contributed by atoms with Crippen LogP contribution in [0.2, 0.25) is 0 Å². The largest absolute Gasteiger partial charge is 0.381 e. The van der Waals surface area contributed by atoms with Crippen LogP contribution < -0.4 is 4.90 Å². The second-order valence-corrected chi connectivity index (χ2v) is 10.4. The number of nitrogens with one attached hydrogen (secondary N) is 1. The predicted octanol–water partition coefficient (Wildman–Crippen LogP) is 4.71. The van der Waals surface area contributed by atoms with E-state index >= 15 is 4.39 Å². The fourth-order valence-electron chi connectivity index (χ4n) is 5.66. The van der Waals surface area contributed by atoms with Crippen molar-refractivity contribution in [3.63, 3.8) is 0 Å². The Morgan fingerprint density at radius 2 is 2.06 bits per heavy atom. The average molecular weight is 488 g/mol. The van der Waals surface area contributed by atoms with Crippen LogP contribution in [0.3, 0.4) is 0 Å². The minimum absolute atomic E-state index is 0.0443. The van der Waals surface area contributed by atoms with Gasteiger partial charge in [0.05, 0.1) is 11.2 Å². The van der Waals surface area contributed by atoms with E-state index in [1.807, 2.05) is 6.92 Å². The molecule has 6 rings (SSSR count). The van der Waals surface area contributed by atoms with Gasteiger partial charge in [0.1, 0.15) is 11.2 Å². The number of benzene rings is 1. The molecule has 34 heavy (non-hydrogen) atoms. The summed E-state index contributed by atoms with van der Waals surface area (Å²) in [6.45, 7) is 3.28. The van der Waals surface area contributed by atoms with E-state index in [4.69, 9.17) is 4.74 Å².